The number of hydrogen-bond donors (Lipinski definition) is 2. The summed E-state index contributed by atoms with van der Waals surface area (Å²) < 4.78 is 32.8. The molecule has 374 valence electrons. The van der Waals surface area contributed by atoms with Crippen LogP contribution in [0.25, 0.3) is 33.4 Å². The lowest BCUT2D eigenvalue weighted by Gasteiger charge is -2.58. The number of carbonyl (C=O) groups is 3. The van der Waals surface area contributed by atoms with E-state index in [1.807, 2.05) is 13.1 Å². The molecular formula is C52H67N9O8S. The molecule has 1 saturated carbocycles. The zero-order valence-electron chi connectivity index (χ0n) is 41.0. The van der Waals surface area contributed by atoms with Gasteiger partial charge in [0.05, 0.1) is 87.4 Å². The van der Waals surface area contributed by atoms with Crippen molar-refractivity contribution in [2.45, 2.75) is 103 Å². The lowest BCUT2D eigenvalue weighted by Crippen LogP contribution is -2.70. The topological polar surface area (TPSA) is 165 Å². The predicted octanol–water partition coefficient (Wildman–Crippen LogP) is 4.73. The molecule has 2 N–H and O–H groups in total. The van der Waals surface area contributed by atoms with Crippen LogP contribution in [-0.4, -0.2) is 163 Å². The fraction of sp³-hybridized carbons (Fsp3) is 0.635. The van der Waals surface area contributed by atoms with Gasteiger partial charge in [0.1, 0.15) is 23.2 Å². The SMILES string of the molecule is C[C@@H]1OCCOCCn2c(c3c4cc(ccc42)-c2csc(n2)C(N2CC4(COC4)C2)[C@H](NC(=O)[C@H]2OC[C@@H]2C)C(=O)N2CCC[C@H](N2)C(=O)OCC(C)(C)C3)-c2cc(N3CCN(C4CC4)CC3)cnc21. The number of likely N-dealkylation sites (tertiary alicyclic amines) is 1. The van der Waals surface area contributed by atoms with Crippen LogP contribution in [0, 0.1) is 16.7 Å². The molecule has 4 aromatic rings. The maximum absolute atomic E-state index is 15.1. The van der Waals surface area contributed by atoms with E-state index in [0.717, 1.165) is 87.6 Å². The predicted molar refractivity (Wildman–Crippen MR) is 263 cm³/mol. The van der Waals surface area contributed by atoms with Crippen LogP contribution in [0.2, 0.25) is 0 Å². The fourth-order valence-electron chi connectivity index (χ4n) is 11.9. The molecule has 1 aliphatic carbocycles. The third-order valence-electron chi connectivity index (χ3n) is 16.1. The number of cyclic esters (lactones) is 1. The van der Waals surface area contributed by atoms with E-state index < -0.39 is 35.6 Å². The lowest BCUT2D eigenvalue weighted by molar-refractivity contribution is -0.203. The van der Waals surface area contributed by atoms with Gasteiger partial charge in [-0.05, 0) is 62.8 Å². The van der Waals surface area contributed by atoms with Crippen molar-refractivity contribution in [1.82, 2.24) is 40.1 Å². The van der Waals surface area contributed by atoms with Crippen molar-refractivity contribution in [2.24, 2.45) is 16.7 Å². The summed E-state index contributed by atoms with van der Waals surface area (Å²) in [5, 5.41) is 8.58. The highest BCUT2D eigenvalue weighted by Crippen LogP contribution is 2.47. The Morgan fingerprint density at radius 1 is 0.914 bits per heavy atom. The number of anilines is 1. The first-order valence-corrected chi connectivity index (χ1v) is 26.6. The van der Waals surface area contributed by atoms with Crippen molar-refractivity contribution < 1.29 is 38.1 Å². The summed E-state index contributed by atoms with van der Waals surface area (Å²) in [6, 6.07) is 7.33. The fourth-order valence-corrected chi connectivity index (χ4v) is 12.9. The van der Waals surface area contributed by atoms with Crippen LogP contribution in [0.3, 0.4) is 0 Å². The lowest BCUT2D eigenvalue weighted by atomic mass is 9.76. The molecule has 17 nitrogen and oxygen atoms in total. The summed E-state index contributed by atoms with van der Waals surface area (Å²) in [7, 11) is 0. The number of nitrogens with zero attached hydrogens (tertiary/aromatic N) is 7. The molecule has 10 heterocycles. The Morgan fingerprint density at radius 3 is 2.49 bits per heavy atom. The zero-order chi connectivity index (χ0) is 47.9. The minimum absolute atomic E-state index is 0.0150. The average Bonchev–Trinajstić information content (AvgIpc) is 4.00. The quantitative estimate of drug-likeness (QED) is 0.264. The summed E-state index contributed by atoms with van der Waals surface area (Å²) >= 11 is 1.51. The number of aromatic nitrogens is 3. The van der Waals surface area contributed by atoms with Gasteiger partial charge in [-0.3, -0.25) is 34.2 Å². The highest BCUT2D eigenvalue weighted by Gasteiger charge is 2.55. The van der Waals surface area contributed by atoms with Gasteiger partial charge >= 0.3 is 5.97 Å². The number of esters is 1. The van der Waals surface area contributed by atoms with E-state index in [1.54, 1.807) is 0 Å². The van der Waals surface area contributed by atoms with Crippen molar-refractivity contribution in [3.05, 3.63) is 52.1 Å². The second-order valence-electron chi connectivity index (χ2n) is 22.1. The smallest absolute Gasteiger partial charge is 0.324 e. The van der Waals surface area contributed by atoms with E-state index in [-0.39, 0.29) is 35.9 Å². The van der Waals surface area contributed by atoms with Gasteiger partial charge in [-0.2, -0.15) is 0 Å². The number of carbonyl (C=O) groups excluding carboxylic acids is 3. The highest BCUT2D eigenvalue weighted by atomic mass is 32.1. The van der Waals surface area contributed by atoms with E-state index in [0.29, 0.717) is 85.1 Å². The van der Waals surface area contributed by atoms with Gasteiger partial charge in [-0.25, -0.2) is 10.4 Å². The Morgan fingerprint density at radius 2 is 1.74 bits per heavy atom. The molecule has 70 heavy (non-hydrogen) atoms. The molecule has 6 atom stereocenters. The monoisotopic (exact) mass is 977 g/mol. The number of rotatable bonds is 5. The van der Waals surface area contributed by atoms with Crippen LogP contribution >= 0.6 is 11.3 Å². The van der Waals surface area contributed by atoms with E-state index in [1.165, 1.54) is 29.2 Å². The maximum atomic E-state index is 15.1. The van der Waals surface area contributed by atoms with Crippen LogP contribution in [0.1, 0.15) is 81.8 Å². The third kappa shape index (κ3) is 8.73. The molecule has 7 aliphatic heterocycles. The molecule has 5 saturated heterocycles. The first kappa shape index (κ1) is 46.5. The van der Waals surface area contributed by atoms with Gasteiger partial charge in [-0.1, -0.05) is 26.8 Å². The summed E-state index contributed by atoms with van der Waals surface area (Å²) in [4.78, 5) is 61.4. The molecule has 12 rings (SSSR count). The number of nitrogens with one attached hydrogen (secondary N) is 2. The average molecular weight is 978 g/mol. The molecule has 3 aromatic heterocycles. The molecule has 1 aromatic carbocycles. The first-order valence-electron chi connectivity index (χ1n) is 25.7. The Bertz CT molecular complexity index is 2650. The molecule has 6 fully saturated rings. The second-order valence-corrected chi connectivity index (χ2v) is 23.0. The van der Waals surface area contributed by atoms with Gasteiger partial charge in [0.25, 0.3) is 5.91 Å². The number of hydrogen-bond acceptors (Lipinski definition) is 15. The molecule has 18 heteroatoms. The summed E-state index contributed by atoms with van der Waals surface area (Å²) in [5.41, 5.74) is 10.8. The normalized spacial score (nSPS) is 29.7. The standard InChI is InChI=1S/C52H67N9O8S/c1-31-24-68-46(31)47(62)55-43-45(59-26-52(27-59)29-66-30-52)48-54-40(25-70-48)33-7-10-41-36(20-33)38(22-51(3,4)28-69-50(64)39-6-5-11-61(56-39)49(43)63)44-37-21-35(58-14-12-57(13-15-58)34-8-9-34)23-53-42(37)32(2)67-19-18-65-17-16-60(41)44/h7,10,20-21,23,25,31-32,34,39,43,45-46,56H,5-6,8-9,11-19,22,24,26-30H2,1-4H3,(H,55,62)/t31-,32-,39-,43-,45?,46-/m0/s1. The van der Waals surface area contributed by atoms with Crippen molar-refractivity contribution in [3.63, 3.8) is 0 Å². The van der Waals surface area contributed by atoms with Crippen LogP contribution in [0.4, 0.5) is 5.69 Å². The van der Waals surface area contributed by atoms with E-state index in [2.05, 4.69) is 80.4 Å². The van der Waals surface area contributed by atoms with Crippen molar-refractivity contribution in [3.8, 4) is 22.5 Å². The minimum atomic E-state index is -1.02. The van der Waals surface area contributed by atoms with E-state index >= 15 is 4.79 Å². The summed E-state index contributed by atoms with van der Waals surface area (Å²) in [6.45, 7) is 18.1. The van der Waals surface area contributed by atoms with Crippen LogP contribution in [0.15, 0.2) is 35.8 Å². The van der Waals surface area contributed by atoms with Crippen molar-refractivity contribution in [2.75, 3.05) is 97.0 Å². The second kappa shape index (κ2) is 18.5. The number of ether oxygens (including phenoxy) is 5. The molecule has 1 spiro atoms. The Hall–Kier alpha value is -4.53. The number of fused-ring (bicyclic) bond motifs is 11. The van der Waals surface area contributed by atoms with E-state index in [4.69, 9.17) is 33.7 Å². The third-order valence-corrected chi connectivity index (χ3v) is 17.0. The van der Waals surface area contributed by atoms with Gasteiger partial charge in [0.2, 0.25) is 5.91 Å². The van der Waals surface area contributed by atoms with Crippen LogP contribution in [-0.2, 0) is 51.0 Å². The zero-order valence-corrected chi connectivity index (χ0v) is 41.8. The van der Waals surface area contributed by atoms with Crippen LogP contribution < -0.4 is 15.6 Å². The molecule has 8 aliphatic rings. The number of piperazine rings is 1. The molecule has 1 unspecified atom stereocenters. The Balaban J connectivity index is 1.00. The Labute approximate surface area is 413 Å². The number of amides is 2. The number of pyridine rings is 1. The van der Waals surface area contributed by atoms with Crippen molar-refractivity contribution in [1.29, 1.82) is 0 Å². The van der Waals surface area contributed by atoms with E-state index in [9.17, 15) is 9.59 Å². The highest BCUT2D eigenvalue weighted by molar-refractivity contribution is 7.10. The Kier molecular flexibility index (Phi) is 12.3. The summed E-state index contributed by atoms with van der Waals surface area (Å²) in [5.74, 6) is -1.04. The molecule has 2 amide bonds. The maximum Gasteiger partial charge on any atom is 0.324 e. The van der Waals surface area contributed by atoms with Gasteiger partial charge in [-0.15, -0.1) is 11.3 Å². The van der Waals surface area contributed by atoms with Crippen LogP contribution in [0.5, 0.6) is 0 Å². The first-order chi connectivity index (χ1) is 33.9. The molecule has 0 radical (unpaired) electrons. The number of thiazole rings is 1. The van der Waals surface area contributed by atoms with Gasteiger partial charge in [0, 0.05) is 103 Å². The number of hydrazine groups is 1. The number of benzene rings is 1. The summed E-state index contributed by atoms with van der Waals surface area (Å²) in [6.07, 6.45) is 5.36. The molecule has 6 bridgehead atoms. The van der Waals surface area contributed by atoms with Gasteiger partial charge in [0.15, 0.2) is 0 Å². The largest absolute Gasteiger partial charge is 0.464 e. The molecular weight excluding hydrogens is 911 g/mol. The van der Waals surface area contributed by atoms with Gasteiger partial charge < -0.3 is 38.5 Å². The minimum Gasteiger partial charge on any atom is -0.464 e. The van der Waals surface area contributed by atoms with Crippen molar-refractivity contribution >= 4 is 45.7 Å².